The summed E-state index contributed by atoms with van der Waals surface area (Å²) in [5.41, 5.74) is 1.75. The zero-order valence-corrected chi connectivity index (χ0v) is 14.9. The Balaban J connectivity index is 1.95. The standard InChI is InChI=1S/C18H19BrFNO2/c1-18(2,3)12-4-9-16(15(19)10-12)23-11-17(22)21-14-7-5-13(20)6-8-14/h4-10H,11H2,1-3H3,(H,21,22). The largest absolute Gasteiger partial charge is 0.483 e. The van der Waals surface area contributed by atoms with Crippen molar-refractivity contribution in [2.75, 3.05) is 11.9 Å². The average Bonchev–Trinajstić information content (AvgIpc) is 2.47. The van der Waals surface area contributed by atoms with Crippen molar-refractivity contribution in [3.63, 3.8) is 0 Å². The average molecular weight is 380 g/mol. The monoisotopic (exact) mass is 379 g/mol. The molecule has 1 amide bonds. The van der Waals surface area contributed by atoms with Crippen molar-refractivity contribution >= 4 is 27.5 Å². The predicted octanol–water partition coefficient (Wildman–Crippen LogP) is 4.90. The number of hydrogen-bond acceptors (Lipinski definition) is 2. The highest BCUT2D eigenvalue weighted by Crippen LogP contribution is 2.31. The smallest absolute Gasteiger partial charge is 0.262 e. The van der Waals surface area contributed by atoms with Gasteiger partial charge in [0.15, 0.2) is 6.61 Å². The zero-order valence-electron chi connectivity index (χ0n) is 13.3. The molecule has 0 aliphatic heterocycles. The third-order valence-electron chi connectivity index (χ3n) is 3.28. The second-order valence-electron chi connectivity index (χ2n) is 6.24. The molecule has 3 nitrogen and oxygen atoms in total. The summed E-state index contributed by atoms with van der Waals surface area (Å²) in [4.78, 5) is 11.9. The first-order valence-corrected chi connectivity index (χ1v) is 8.03. The van der Waals surface area contributed by atoms with E-state index >= 15 is 0 Å². The van der Waals surface area contributed by atoms with Crippen LogP contribution in [0, 0.1) is 5.82 Å². The lowest BCUT2D eigenvalue weighted by Gasteiger charge is -2.20. The van der Waals surface area contributed by atoms with Gasteiger partial charge in [0, 0.05) is 5.69 Å². The van der Waals surface area contributed by atoms with Crippen LogP contribution < -0.4 is 10.1 Å². The molecule has 2 aromatic carbocycles. The lowest BCUT2D eigenvalue weighted by atomic mass is 9.87. The van der Waals surface area contributed by atoms with Gasteiger partial charge in [0.25, 0.3) is 5.91 Å². The number of amides is 1. The Morgan fingerprint density at radius 2 is 1.83 bits per heavy atom. The van der Waals surface area contributed by atoms with Crippen molar-refractivity contribution in [1.82, 2.24) is 0 Å². The molecule has 122 valence electrons. The number of carbonyl (C=O) groups is 1. The van der Waals surface area contributed by atoms with Gasteiger partial charge in [0.1, 0.15) is 11.6 Å². The van der Waals surface area contributed by atoms with Crippen molar-refractivity contribution in [3.05, 3.63) is 58.3 Å². The summed E-state index contributed by atoms with van der Waals surface area (Å²) < 4.78 is 19.1. The summed E-state index contributed by atoms with van der Waals surface area (Å²) >= 11 is 3.47. The normalized spacial score (nSPS) is 11.2. The van der Waals surface area contributed by atoms with E-state index < -0.39 is 0 Å². The van der Waals surface area contributed by atoms with Gasteiger partial charge in [0.2, 0.25) is 0 Å². The Morgan fingerprint density at radius 3 is 2.39 bits per heavy atom. The number of rotatable bonds is 4. The number of carbonyl (C=O) groups excluding carboxylic acids is 1. The molecule has 0 aliphatic rings. The number of hydrogen-bond donors (Lipinski definition) is 1. The topological polar surface area (TPSA) is 38.3 Å². The van der Waals surface area contributed by atoms with Crippen LogP contribution in [0.15, 0.2) is 46.9 Å². The highest BCUT2D eigenvalue weighted by molar-refractivity contribution is 9.10. The molecule has 0 unspecified atom stereocenters. The van der Waals surface area contributed by atoms with Crippen LogP contribution in [0.2, 0.25) is 0 Å². The first-order valence-electron chi connectivity index (χ1n) is 7.24. The molecule has 0 fully saturated rings. The Morgan fingerprint density at radius 1 is 1.17 bits per heavy atom. The molecule has 0 spiro atoms. The third-order valence-corrected chi connectivity index (χ3v) is 3.90. The molecule has 0 aromatic heterocycles. The van der Waals surface area contributed by atoms with Gasteiger partial charge >= 0.3 is 0 Å². The summed E-state index contributed by atoms with van der Waals surface area (Å²) in [6, 6.07) is 11.4. The van der Waals surface area contributed by atoms with Crippen LogP contribution in [0.25, 0.3) is 0 Å². The summed E-state index contributed by atoms with van der Waals surface area (Å²) in [6.45, 7) is 6.27. The summed E-state index contributed by atoms with van der Waals surface area (Å²) in [5.74, 6) is -0.0437. The van der Waals surface area contributed by atoms with E-state index in [2.05, 4.69) is 42.0 Å². The molecule has 1 N–H and O–H groups in total. The molecule has 0 saturated heterocycles. The van der Waals surface area contributed by atoms with Crippen LogP contribution in [0.4, 0.5) is 10.1 Å². The van der Waals surface area contributed by atoms with Gasteiger partial charge in [-0.2, -0.15) is 0 Å². The van der Waals surface area contributed by atoms with Crippen molar-refractivity contribution in [3.8, 4) is 5.75 Å². The van der Waals surface area contributed by atoms with Gasteiger partial charge in [-0.1, -0.05) is 26.8 Å². The van der Waals surface area contributed by atoms with E-state index in [0.29, 0.717) is 11.4 Å². The zero-order chi connectivity index (χ0) is 17.0. The van der Waals surface area contributed by atoms with E-state index in [1.807, 2.05) is 18.2 Å². The first kappa shape index (κ1) is 17.5. The molecule has 2 aromatic rings. The van der Waals surface area contributed by atoms with E-state index in [-0.39, 0.29) is 23.7 Å². The summed E-state index contributed by atoms with van der Waals surface area (Å²) in [6.07, 6.45) is 0. The van der Waals surface area contributed by atoms with Gasteiger partial charge in [-0.3, -0.25) is 4.79 Å². The Hall–Kier alpha value is -1.88. The fourth-order valence-electron chi connectivity index (χ4n) is 1.96. The van der Waals surface area contributed by atoms with Crippen LogP contribution >= 0.6 is 15.9 Å². The van der Waals surface area contributed by atoms with Gasteiger partial charge < -0.3 is 10.1 Å². The van der Waals surface area contributed by atoms with Crippen molar-refractivity contribution in [2.24, 2.45) is 0 Å². The molecule has 2 rings (SSSR count). The van der Waals surface area contributed by atoms with Crippen LogP contribution in [0.5, 0.6) is 5.75 Å². The Kier molecular flexibility index (Phi) is 5.42. The maximum atomic E-state index is 12.8. The molecule has 0 radical (unpaired) electrons. The van der Waals surface area contributed by atoms with E-state index in [1.165, 1.54) is 29.8 Å². The minimum atomic E-state index is -0.345. The molecule has 0 saturated carbocycles. The maximum Gasteiger partial charge on any atom is 0.262 e. The fourth-order valence-corrected chi connectivity index (χ4v) is 2.45. The molecular formula is C18H19BrFNO2. The first-order chi connectivity index (χ1) is 10.8. The fraction of sp³-hybridized carbons (Fsp3) is 0.278. The highest BCUT2D eigenvalue weighted by Gasteiger charge is 2.15. The van der Waals surface area contributed by atoms with E-state index in [1.54, 1.807) is 0 Å². The van der Waals surface area contributed by atoms with Gasteiger partial charge in [-0.15, -0.1) is 0 Å². The second kappa shape index (κ2) is 7.13. The predicted molar refractivity (Wildman–Crippen MR) is 93.4 cm³/mol. The summed E-state index contributed by atoms with van der Waals surface area (Å²) in [5, 5.41) is 2.65. The number of nitrogens with one attached hydrogen (secondary N) is 1. The van der Waals surface area contributed by atoms with Crippen LogP contribution in [0.3, 0.4) is 0 Å². The lowest BCUT2D eigenvalue weighted by molar-refractivity contribution is -0.118. The molecule has 5 heteroatoms. The lowest BCUT2D eigenvalue weighted by Crippen LogP contribution is -2.20. The Bertz CT molecular complexity index is 693. The summed E-state index contributed by atoms with van der Waals surface area (Å²) in [7, 11) is 0. The highest BCUT2D eigenvalue weighted by atomic mass is 79.9. The molecule has 0 atom stereocenters. The molecular weight excluding hydrogens is 361 g/mol. The SMILES string of the molecule is CC(C)(C)c1ccc(OCC(=O)Nc2ccc(F)cc2)c(Br)c1. The maximum absolute atomic E-state index is 12.8. The number of anilines is 1. The van der Waals surface area contributed by atoms with E-state index in [0.717, 1.165) is 4.47 Å². The molecule has 0 bridgehead atoms. The minimum absolute atomic E-state index is 0.0427. The third kappa shape index (κ3) is 5.06. The van der Waals surface area contributed by atoms with E-state index in [4.69, 9.17) is 4.74 Å². The number of ether oxygens (including phenoxy) is 1. The van der Waals surface area contributed by atoms with Crippen molar-refractivity contribution in [2.45, 2.75) is 26.2 Å². The number of benzene rings is 2. The van der Waals surface area contributed by atoms with Crippen molar-refractivity contribution in [1.29, 1.82) is 0 Å². The molecule has 0 heterocycles. The molecule has 0 aliphatic carbocycles. The van der Waals surface area contributed by atoms with Crippen LogP contribution in [-0.2, 0) is 10.2 Å². The van der Waals surface area contributed by atoms with Gasteiger partial charge in [-0.05, 0) is 63.3 Å². The Labute approximate surface area is 144 Å². The van der Waals surface area contributed by atoms with Crippen LogP contribution in [-0.4, -0.2) is 12.5 Å². The minimum Gasteiger partial charge on any atom is -0.483 e. The van der Waals surface area contributed by atoms with Gasteiger partial charge in [-0.25, -0.2) is 4.39 Å². The van der Waals surface area contributed by atoms with Crippen LogP contribution in [0.1, 0.15) is 26.3 Å². The number of halogens is 2. The quantitative estimate of drug-likeness (QED) is 0.819. The van der Waals surface area contributed by atoms with Crippen molar-refractivity contribution < 1.29 is 13.9 Å². The molecule has 23 heavy (non-hydrogen) atoms. The second-order valence-corrected chi connectivity index (χ2v) is 7.09. The van der Waals surface area contributed by atoms with Gasteiger partial charge in [0.05, 0.1) is 4.47 Å². The van der Waals surface area contributed by atoms with E-state index in [9.17, 15) is 9.18 Å².